The largest absolute Gasteiger partial charge is 0.265 e. The fourth-order valence-corrected chi connectivity index (χ4v) is 11.7. The molecule has 2 unspecified atom stereocenters. The Morgan fingerprint density at radius 2 is 0.438 bits per heavy atom. The zero-order chi connectivity index (χ0) is 52.9. The lowest BCUT2D eigenvalue weighted by molar-refractivity contribution is 0.755. The molecule has 8 nitrogen and oxygen atoms in total. The van der Waals surface area contributed by atoms with Crippen LogP contribution in [0.5, 0.6) is 0 Å². The molecule has 9 aromatic carbocycles. The van der Waals surface area contributed by atoms with E-state index in [2.05, 4.69) is 168 Å². The molecule has 0 saturated heterocycles. The van der Waals surface area contributed by atoms with Gasteiger partial charge < -0.3 is 0 Å². The van der Waals surface area contributed by atoms with Crippen molar-refractivity contribution in [3.63, 3.8) is 0 Å². The van der Waals surface area contributed by atoms with E-state index in [1.54, 1.807) is 0 Å². The minimum absolute atomic E-state index is 0.0768. The highest BCUT2D eigenvalue weighted by Gasteiger charge is 2.41. The summed E-state index contributed by atoms with van der Waals surface area (Å²) >= 11 is 0. The summed E-state index contributed by atoms with van der Waals surface area (Å²) in [6.45, 7) is 0. The van der Waals surface area contributed by atoms with E-state index in [-0.39, 0.29) is 11.8 Å². The van der Waals surface area contributed by atoms with Crippen LogP contribution >= 0.6 is 0 Å². The molecular weight excluding hydrogens is 977 g/mol. The minimum Gasteiger partial charge on any atom is -0.265 e. The van der Waals surface area contributed by atoms with Crippen molar-refractivity contribution in [2.45, 2.75) is 11.8 Å². The Bertz CT molecular complexity index is 4170. The second-order valence-corrected chi connectivity index (χ2v) is 20.3. The van der Waals surface area contributed by atoms with Crippen LogP contribution in [0.2, 0.25) is 0 Å². The van der Waals surface area contributed by atoms with Gasteiger partial charge in [0.2, 0.25) is 0 Å². The third kappa shape index (κ3) is 8.52. The number of aromatic nitrogens is 8. The maximum absolute atomic E-state index is 5.13. The Morgan fingerprint density at radius 3 is 0.825 bits per heavy atom. The fourth-order valence-electron chi connectivity index (χ4n) is 11.7. The lowest BCUT2D eigenvalue weighted by Crippen LogP contribution is -2.27. The van der Waals surface area contributed by atoms with Crippen molar-refractivity contribution < 1.29 is 0 Å². The molecule has 80 heavy (non-hydrogen) atoms. The molecule has 4 heterocycles. The molecule has 374 valence electrons. The van der Waals surface area contributed by atoms with Gasteiger partial charge in [-0.2, -0.15) is 0 Å². The molecule has 8 heteroatoms. The van der Waals surface area contributed by atoms with Crippen molar-refractivity contribution >= 4 is 0 Å². The van der Waals surface area contributed by atoms with Gasteiger partial charge in [-0.05, 0) is 126 Å². The summed E-state index contributed by atoms with van der Waals surface area (Å²) in [5, 5.41) is 0. The molecule has 0 fully saturated rings. The van der Waals surface area contributed by atoms with Gasteiger partial charge in [0, 0.05) is 70.0 Å². The van der Waals surface area contributed by atoms with Gasteiger partial charge in [0.05, 0.1) is 0 Å². The number of nitrogens with zero attached hydrogens (tertiary/aromatic N) is 8. The van der Waals surface area contributed by atoms with Crippen LogP contribution in [0.15, 0.2) is 267 Å². The first-order valence-corrected chi connectivity index (χ1v) is 26.8. The van der Waals surface area contributed by atoms with E-state index in [1.165, 1.54) is 33.4 Å². The van der Waals surface area contributed by atoms with Crippen molar-refractivity contribution in [3.05, 3.63) is 301 Å². The molecule has 0 amide bonds. The third-order valence-corrected chi connectivity index (χ3v) is 15.6. The molecule has 2 atom stereocenters. The SMILES string of the molecule is c1ccc(-c2nc(-c3ccc(-c4ccncc4)cc3)nc(-c3cccc(-c4ccc5c(c4)C4c6ccccc6C5c5cc(-c6cccc(-c7nc(-c8ccccc8)nc(-c8ccc(-c9ccncc9)cc8)n7)c6)ccc54)c3)n2)cc1. The highest BCUT2D eigenvalue weighted by atomic mass is 15.0. The summed E-state index contributed by atoms with van der Waals surface area (Å²) in [5.41, 5.74) is 22.5. The normalized spacial score (nSPS) is 13.8. The van der Waals surface area contributed by atoms with Gasteiger partial charge >= 0.3 is 0 Å². The van der Waals surface area contributed by atoms with Gasteiger partial charge in [0.25, 0.3) is 0 Å². The van der Waals surface area contributed by atoms with Crippen LogP contribution in [-0.2, 0) is 0 Å². The van der Waals surface area contributed by atoms with E-state index in [4.69, 9.17) is 29.9 Å². The maximum Gasteiger partial charge on any atom is 0.164 e. The van der Waals surface area contributed by atoms with Gasteiger partial charge in [0.1, 0.15) is 0 Å². The predicted molar refractivity (Wildman–Crippen MR) is 318 cm³/mol. The number of pyridine rings is 2. The Morgan fingerprint density at radius 1 is 0.175 bits per heavy atom. The molecule has 13 aromatic rings. The number of hydrogen-bond donors (Lipinski definition) is 0. The van der Waals surface area contributed by atoms with Crippen LogP contribution in [0.1, 0.15) is 45.2 Å². The molecule has 3 aliphatic carbocycles. The summed E-state index contributed by atoms with van der Waals surface area (Å²) in [4.78, 5) is 38.9. The van der Waals surface area contributed by atoms with Crippen LogP contribution in [0.4, 0.5) is 0 Å². The van der Waals surface area contributed by atoms with Gasteiger partial charge in [-0.25, -0.2) is 29.9 Å². The second-order valence-electron chi connectivity index (χ2n) is 20.3. The molecule has 0 radical (unpaired) electrons. The van der Waals surface area contributed by atoms with Gasteiger partial charge in [-0.15, -0.1) is 0 Å². The minimum atomic E-state index is 0.0768. The Kier molecular flexibility index (Phi) is 11.5. The Balaban J connectivity index is 0.765. The molecular formula is C72H46N8. The van der Waals surface area contributed by atoms with Crippen molar-refractivity contribution in [2.24, 2.45) is 0 Å². The first-order valence-electron chi connectivity index (χ1n) is 26.8. The summed E-state index contributed by atoms with van der Waals surface area (Å²) in [5.74, 6) is 3.88. The third-order valence-electron chi connectivity index (χ3n) is 15.6. The van der Waals surface area contributed by atoms with Crippen molar-refractivity contribution in [1.82, 2.24) is 39.9 Å². The second kappa shape index (κ2) is 19.7. The molecule has 0 N–H and O–H groups in total. The van der Waals surface area contributed by atoms with Crippen LogP contribution in [0.3, 0.4) is 0 Å². The molecule has 3 aliphatic rings. The van der Waals surface area contributed by atoms with E-state index in [1.807, 2.05) is 110 Å². The number of hydrogen-bond acceptors (Lipinski definition) is 8. The highest BCUT2D eigenvalue weighted by Crippen LogP contribution is 2.57. The van der Waals surface area contributed by atoms with Crippen LogP contribution < -0.4 is 0 Å². The smallest absolute Gasteiger partial charge is 0.164 e. The standard InChI is InChI=1S/C72H46N8/c1-3-11-49(12-4-1)67-75-69(51-25-21-45(22-26-51)47-33-37-73-38-34-47)79-71(77-67)57-17-9-15-53(41-57)55-29-31-61-63(43-55)65-59-19-7-8-20-60(59)66(61)64-44-56(30-32-62(64)65)54-16-10-18-58(42-54)72-78-68(50-13-5-2-6-14-50)76-70(80-72)52-27-23-46(24-28-52)48-35-39-74-40-36-48/h1-44,65-66H. The summed E-state index contributed by atoms with van der Waals surface area (Å²) < 4.78 is 0. The summed E-state index contributed by atoms with van der Waals surface area (Å²) in [7, 11) is 0. The molecule has 0 spiro atoms. The van der Waals surface area contributed by atoms with E-state index < -0.39 is 0 Å². The Hall–Kier alpha value is -10.7. The van der Waals surface area contributed by atoms with Crippen LogP contribution in [0.25, 0.3) is 113 Å². The predicted octanol–water partition coefficient (Wildman–Crippen LogP) is 16.5. The lowest BCUT2D eigenvalue weighted by Gasteiger charge is -2.42. The van der Waals surface area contributed by atoms with Crippen LogP contribution in [-0.4, -0.2) is 39.9 Å². The summed E-state index contributed by atoms with van der Waals surface area (Å²) in [6.07, 6.45) is 7.25. The maximum atomic E-state index is 5.13. The van der Waals surface area contributed by atoms with E-state index >= 15 is 0 Å². The lowest BCUT2D eigenvalue weighted by atomic mass is 9.60. The average molecular weight is 1020 g/mol. The molecule has 2 bridgehead atoms. The van der Waals surface area contributed by atoms with E-state index in [0.717, 1.165) is 77.9 Å². The summed E-state index contributed by atoms with van der Waals surface area (Å²) in [6, 6.07) is 85.4. The molecule has 0 aliphatic heterocycles. The van der Waals surface area contributed by atoms with E-state index in [0.29, 0.717) is 34.9 Å². The number of rotatable bonds is 10. The first kappa shape index (κ1) is 46.6. The zero-order valence-electron chi connectivity index (χ0n) is 43.1. The van der Waals surface area contributed by atoms with Crippen LogP contribution in [0, 0.1) is 0 Å². The van der Waals surface area contributed by atoms with Gasteiger partial charge in [-0.1, -0.05) is 194 Å². The molecule has 16 rings (SSSR count). The first-order chi connectivity index (χ1) is 39.6. The number of benzene rings is 9. The quantitative estimate of drug-likeness (QED) is 0.133. The topological polar surface area (TPSA) is 103 Å². The monoisotopic (exact) mass is 1020 g/mol. The Labute approximate surface area is 463 Å². The molecule has 0 saturated carbocycles. The van der Waals surface area contributed by atoms with Crippen molar-refractivity contribution in [3.8, 4) is 113 Å². The highest BCUT2D eigenvalue weighted by molar-refractivity contribution is 5.80. The molecule has 4 aromatic heterocycles. The van der Waals surface area contributed by atoms with E-state index in [9.17, 15) is 0 Å². The van der Waals surface area contributed by atoms with Crippen molar-refractivity contribution in [2.75, 3.05) is 0 Å². The van der Waals surface area contributed by atoms with Gasteiger partial charge in [-0.3, -0.25) is 9.97 Å². The zero-order valence-corrected chi connectivity index (χ0v) is 43.1. The average Bonchev–Trinajstić information content (AvgIpc) is 3.61. The van der Waals surface area contributed by atoms with Gasteiger partial charge in [0.15, 0.2) is 34.9 Å². The fraction of sp³-hybridized carbons (Fsp3) is 0.0278. The van der Waals surface area contributed by atoms with Crippen molar-refractivity contribution in [1.29, 1.82) is 0 Å².